The van der Waals surface area contributed by atoms with Crippen molar-refractivity contribution < 1.29 is 14.6 Å². The van der Waals surface area contributed by atoms with Gasteiger partial charge in [-0.05, 0) is 30.7 Å². The summed E-state index contributed by atoms with van der Waals surface area (Å²) < 4.78 is 5.13. The molecule has 2 aromatic rings. The van der Waals surface area contributed by atoms with Crippen molar-refractivity contribution in [3.05, 3.63) is 59.2 Å². The highest BCUT2D eigenvalue weighted by Gasteiger charge is 2.07. The van der Waals surface area contributed by atoms with Gasteiger partial charge in [-0.1, -0.05) is 29.8 Å². The van der Waals surface area contributed by atoms with Crippen LogP contribution in [0.25, 0.3) is 0 Å². The molecule has 0 heterocycles. The second kappa shape index (κ2) is 6.90. The zero-order chi connectivity index (χ0) is 15.2. The summed E-state index contributed by atoms with van der Waals surface area (Å²) >= 11 is 0. The summed E-state index contributed by atoms with van der Waals surface area (Å²) in [5.41, 5.74) is 3.43. The van der Waals surface area contributed by atoms with Gasteiger partial charge in [-0.3, -0.25) is 4.79 Å². The molecule has 2 aromatic carbocycles. The molecule has 0 aliphatic heterocycles. The summed E-state index contributed by atoms with van der Waals surface area (Å²) in [6.07, 6.45) is 0.320. The predicted octanol–water partition coefficient (Wildman–Crippen LogP) is 2.68. The SMILES string of the molecule is COc1ccc(NC(=O)Cc2ccc(C)cc2)cc1CO. The maximum absolute atomic E-state index is 12.0. The normalized spacial score (nSPS) is 10.2. The van der Waals surface area contributed by atoms with Crippen LogP contribution in [0.15, 0.2) is 42.5 Å². The predicted molar refractivity (Wildman–Crippen MR) is 82.4 cm³/mol. The number of anilines is 1. The first-order valence-corrected chi connectivity index (χ1v) is 6.75. The molecule has 0 atom stereocenters. The molecular formula is C17H19NO3. The Balaban J connectivity index is 2.04. The molecule has 2 N–H and O–H groups in total. The molecule has 0 saturated heterocycles. The second-order valence-corrected chi connectivity index (χ2v) is 4.90. The smallest absolute Gasteiger partial charge is 0.228 e. The first-order chi connectivity index (χ1) is 10.1. The summed E-state index contributed by atoms with van der Waals surface area (Å²) in [4.78, 5) is 12.0. The third-order valence-corrected chi connectivity index (χ3v) is 3.22. The number of carbonyl (C=O) groups is 1. The lowest BCUT2D eigenvalue weighted by atomic mass is 10.1. The van der Waals surface area contributed by atoms with E-state index in [-0.39, 0.29) is 12.5 Å². The molecule has 0 fully saturated rings. The highest BCUT2D eigenvalue weighted by Crippen LogP contribution is 2.22. The van der Waals surface area contributed by atoms with Crippen molar-refractivity contribution in [1.29, 1.82) is 0 Å². The standard InChI is InChI=1S/C17H19NO3/c1-12-3-5-13(6-4-12)9-17(20)18-15-7-8-16(21-2)14(10-15)11-19/h3-8,10,19H,9,11H2,1-2H3,(H,18,20). The Morgan fingerprint density at radius 3 is 2.52 bits per heavy atom. The third kappa shape index (κ3) is 4.07. The van der Waals surface area contributed by atoms with Crippen LogP contribution in [-0.2, 0) is 17.8 Å². The lowest BCUT2D eigenvalue weighted by molar-refractivity contribution is -0.115. The van der Waals surface area contributed by atoms with E-state index in [0.29, 0.717) is 23.4 Å². The topological polar surface area (TPSA) is 58.6 Å². The minimum absolute atomic E-state index is 0.0899. The van der Waals surface area contributed by atoms with E-state index in [0.717, 1.165) is 5.56 Å². The summed E-state index contributed by atoms with van der Waals surface area (Å²) in [6, 6.07) is 13.1. The van der Waals surface area contributed by atoms with E-state index in [1.165, 1.54) is 5.56 Å². The van der Waals surface area contributed by atoms with Crippen molar-refractivity contribution in [2.75, 3.05) is 12.4 Å². The Morgan fingerprint density at radius 1 is 1.19 bits per heavy atom. The molecule has 0 aliphatic rings. The molecule has 21 heavy (non-hydrogen) atoms. The fourth-order valence-electron chi connectivity index (χ4n) is 2.08. The van der Waals surface area contributed by atoms with Gasteiger partial charge in [-0.25, -0.2) is 0 Å². The van der Waals surface area contributed by atoms with Gasteiger partial charge in [-0.2, -0.15) is 0 Å². The summed E-state index contributed by atoms with van der Waals surface area (Å²) in [5, 5.41) is 12.1. The number of rotatable bonds is 5. The molecule has 1 amide bonds. The average Bonchev–Trinajstić information content (AvgIpc) is 2.49. The second-order valence-electron chi connectivity index (χ2n) is 4.90. The Morgan fingerprint density at radius 2 is 1.90 bits per heavy atom. The highest BCUT2D eigenvalue weighted by atomic mass is 16.5. The van der Waals surface area contributed by atoms with Crippen LogP contribution >= 0.6 is 0 Å². The molecule has 0 aliphatic carbocycles. The number of ether oxygens (including phenoxy) is 1. The maximum Gasteiger partial charge on any atom is 0.228 e. The number of benzene rings is 2. The van der Waals surface area contributed by atoms with Gasteiger partial charge in [-0.15, -0.1) is 0 Å². The molecule has 4 nitrogen and oxygen atoms in total. The molecule has 2 rings (SSSR count). The number of hydrogen-bond acceptors (Lipinski definition) is 3. The summed E-state index contributed by atoms with van der Waals surface area (Å²) in [6.45, 7) is 1.88. The monoisotopic (exact) mass is 285 g/mol. The lowest BCUT2D eigenvalue weighted by Gasteiger charge is -2.10. The summed E-state index contributed by atoms with van der Waals surface area (Å²) in [5.74, 6) is 0.516. The Labute approximate surface area is 124 Å². The fourth-order valence-corrected chi connectivity index (χ4v) is 2.08. The number of amides is 1. The largest absolute Gasteiger partial charge is 0.496 e. The van der Waals surface area contributed by atoms with Crippen molar-refractivity contribution in [3.8, 4) is 5.75 Å². The van der Waals surface area contributed by atoms with Gasteiger partial charge < -0.3 is 15.2 Å². The Bertz CT molecular complexity index is 620. The lowest BCUT2D eigenvalue weighted by Crippen LogP contribution is -2.14. The van der Waals surface area contributed by atoms with Crippen molar-refractivity contribution in [2.45, 2.75) is 20.0 Å². The molecular weight excluding hydrogens is 266 g/mol. The van der Waals surface area contributed by atoms with Gasteiger partial charge in [0.2, 0.25) is 5.91 Å². The van der Waals surface area contributed by atoms with Crippen LogP contribution < -0.4 is 10.1 Å². The minimum atomic E-state index is -0.134. The molecule has 0 saturated carbocycles. The van der Waals surface area contributed by atoms with Gasteiger partial charge in [0, 0.05) is 11.3 Å². The quantitative estimate of drug-likeness (QED) is 0.888. The van der Waals surface area contributed by atoms with E-state index in [2.05, 4.69) is 5.32 Å². The van der Waals surface area contributed by atoms with Gasteiger partial charge in [0.15, 0.2) is 0 Å². The van der Waals surface area contributed by atoms with Crippen molar-refractivity contribution in [2.24, 2.45) is 0 Å². The molecule has 0 unspecified atom stereocenters. The van der Waals surface area contributed by atoms with Crippen LogP contribution in [0, 0.1) is 6.92 Å². The van der Waals surface area contributed by atoms with Crippen molar-refractivity contribution in [3.63, 3.8) is 0 Å². The highest BCUT2D eigenvalue weighted by molar-refractivity contribution is 5.92. The van der Waals surface area contributed by atoms with Gasteiger partial charge in [0.1, 0.15) is 5.75 Å². The van der Waals surface area contributed by atoms with E-state index in [4.69, 9.17) is 4.74 Å². The molecule has 0 spiro atoms. The van der Waals surface area contributed by atoms with E-state index in [1.807, 2.05) is 31.2 Å². The first-order valence-electron chi connectivity index (χ1n) is 6.75. The molecule has 0 aromatic heterocycles. The van der Waals surface area contributed by atoms with Gasteiger partial charge in [0.05, 0.1) is 20.1 Å². The third-order valence-electron chi connectivity index (χ3n) is 3.22. The number of nitrogens with one attached hydrogen (secondary N) is 1. The number of carbonyl (C=O) groups excluding carboxylic acids is 1. The maximum atomic E-state index is 12.0. The number of aliphatic hydroxyl groups excluding tert-OH is 1. The van der Waals surface area contributed by atoms with Crippen LogP contribution in [0.3, 0.4) is 0 Å². The number of methoxy groups -OCH3 is 1. The Kier molecular flexibility index (Phi) is 4.95. The van der Waals surface area contributed by atoms with Crippen molar-refractivity contribution in [1.82, 2.24) is 0 Å². The van der Waals surface area contributed by atoms with E-state index in [9.17, 15) is 9.90 Å². The van der Waals surface area contributed by atoms with Crippen LogP contribution in [0.4, 0.5) is 5.69 Å². The fraction of sp³-hybridized carbons (Fsp3) is 0.235. The van der Waals surface area contributed by atoms with E-state index >= 15 is 0 Å². The van der Waals surface area contributed by atoms with Gasteiger partial charge in [0.25, 0.3) is 0 Å². The molecule has 0 radical (unpaired) electrons. The zero-order valence-electron chi connectivity index (χ0n) is 12.2. The number of hydrogen-bond donors (Lipinski definition) is 2. The van der Waals surface area contributed by atoms with E-state index in [1.54, 1.807) is 25.3 Å². The molecule has 4 heteroatoms. The number of aryl methyl sites for hydroxylation is 1. The minimum Gasteiger partial charge on any atom is -0.496 e. The van der Waals surface area contributed by atoms with Crippen LogP contribution in [0.2, 0.25) is 0 Å². The molecule has 110 valence electrons. The zero-order valence-corrected chi connectivity index (χ0v) is 12.2. The van der Waals surface area contributed by atoms with Gasteiger partial charge >= 0.3 is 0 Å². The summed E-state index contributed by atoms with van der Waals surface area (Å²) in [7, 11) is 1.55. The first kappa shape index (κ1) is 15.1. The van der Waals surface area contributed by atoms with Crippen LogP contribution in [-0.4, -0.2) is 18.1 Å². The Hall–Kier alpha value is -2.33. The van der Waals surface area contributed by atoms with Crippen molar-refractivity contribution >= 4 is 11.6 Å². The molecule has 0 bridgehead atoms. The number of aliphatic hydroxyl groups is 1. The van der Waals surface area contributed by atoms with Crippen LogP contribution in [0.5, 0.6) is 5.75 Å². The van der Waals surface area contributed by atoms with E-state index < -0.39 is 0 Å². The average molecular weight is 285 g/mol. The van der Waals surface area contributed by atoms with Crippen LogP contribution in [0.1, 0.15) is 16.7 Å².